The summed E-state index contributed by atoms with van der Waals surface area (Å²) in [5.41, 5.74) is 0. The molecule has 0 aromatic rings. The maximum absolute atomic E-state index is 11.5. The van der Waals surface area contributed by atoms with Crippen LogP contribution < -0.4 is 0 Å². The van der Waals surface area contributed by atoms with Gasteiger partial charge in [-0.1, -0.05) is 0 Å². The molecule has 11 heavy (non-hydrogen) atoms. The van der Waals surface area contributed by atoms with E-state index in [2.05, 4.69) is 0 Å². The minimum absolute atomic E-state index is 0. The van der Waals surface area contributed by atoms with Crippen molar-refractivity contribution in [2.75, 3.05) is 20.6 Å². The average molecular weight is 216 g/mol. The minimum Gasteiger partial charge on any atom is -0.382 e. The molecule has 0 fully saturated rings. The third kappa shape index (κ3) is 6.60. The average Bonchev–Trinajstić information content (AvgIpc) is 1.60. The van der Waals surface area contributed by atoms with Crippen LogP contribution in [-0.4, -0.2) is 42.9 Å². The normalized spacial score (nSPS) is 14.5. The summed E-state index contributed by atoms with van der Waals surface area (Å²) in [6.07, 6.45) is -6.73. The second kappa shape index (κ2) is 4.96. The molecule has 1 unspecified atom stereocenters. The van der Waals surface area contributed by atoms with Crippen molar-refractivity contribution in [3.8, 4) is 0 Å². The van der Waals surface area contributed by atoms with Gasteiger partial charge in [0.2, 0.25) is 0 Å². The Morgan fingerprint density at radius 3 is 1.82 bits per heavy atom. The molecule has 0 amide bonds. The first-order valence-electron chi connectivity index (χ1n) is 2.73. The Hall–Kier alpha value is 0.204. The quantitative estimate of drug-likeness (QED) is 0.678. The topological polar surface area (TPSA) is 23.5 Å². The molecule has 0 aliphatic rings. The number of alkyl halides is 3. The molecular weight excluding hydrogens is 206 g/mol. The van der Waals surface area contributed by atoms with Gasteiger partial charge in [0.15, 0.2) is 6.10 Å². The van der Waals surface area contributed by atoms with Crippen molar-refractivity contribution in [2.24, 2.45) is 0 Å². The van der Waals surface area contributed by atoms with E-state index in [0.29, 0.717) is 0 Å². The van der Waals surface area contributed by atoms with Crippen molar-refractivity contribution in [1.82, 2.24) is 4.90 Å². The Bertz CT molecular complexity index is 106. The number of halogens is 3. The van der Waals surface area contributed by atoms with Gasteiger partial charge in [-0.25, -0.2) is 0 Å². The van der Waals surface area contributed by atoms with Gasteiger partial charge in [0.25, 0.3) is 0 Å². The monoisotopic (exact) mass is 215 g/mol. The summed E-state index contributed by atoms with van der Waals surface area (Å²) >= 11 is 0. The second-order valence-corrected chi connectivity index (χ2v) is 2.32. The summed E-state index contributed by atoms with van der Waals surface area (Å²) in [5.74, 6) is 0. The van der Waals surface area contributed by atoms with Gasteiger partial charge in [0, 0.05) is 23.0 Å². The molecule has 0 heterocycles. The van der Waals surface area contributed by atoms with Crippen LogP contribution in [0.1, 0.15) is 0 Å². The Morgan fingerprint density at radius 2 is 1.73 bits per heavy atom. The summed E-state index contributed by atoms with van der Waals surface area (Å²) in [6, 6.07) is 0. The standard InChI is InChI=1S/C5H10F3NO.Ni/c1-9(2)3-4(10)5(6,7)8;/h4,10H,3H2,1-2H3;. The summed E-state index contributed by atoms with van der Waals surface area (Å²) in [6.45, 7) is -0.385. The van der Waals surface area contributed by atoms with E-state index in [0.717, 1.165) is 0 Å². The zero-order chi connectivity index (χ0) is 8.36. The molecule has 0 aromatic heterocycles. The zero-order valence-electron chi connectivity index (χ0n) is 6.13. The number of aliphatic hydroxyl groups excluding tert-OH is 1. The Balaban J connectivity index is 0. The molecule has 0 bridgehead atoms. The Kier molecular flexibility index (Phi) is 6.21. The number of rotatable bonds is 2. The molecule has 0 aliphatic carbocycles. The van der Waals surface area contributed by atoms with E-state index >= 15 is 0 Å². The van der Waals surface area contributed by atoms with Crippen molar-refractivity contribution in [1.29, 1.82) is 0 Å². The maximum Gasteiger partial charge on any atom is 0.415 e. The molecule has 0 aromatic carbocycles. The van der Waals surface area contributed by atoms with Crippen LogP contribution in [0.5, 0.6) is 0 Å². The van der Waals surface area contributed by atoms with Gasteiger partial charge in [0.05, 0.1) is 0 Å². The number of aliphatic hydroxyl groups is 1. The van der Waals surface area contributed by atoms with Crippen LogP contribution in [0.15, 0.2) is 0 Å². The molecule has 0 aliphatic heterocycles. The first kappa shape index (κ1) is 13.8. The first-order chi connectivity index (χ1) is 4.34. The first-order valence-corrected chi connectivity index (χ1v) is 2.73. The predicted molar refractivity (Wildman–Crippen MR) is 30.6 cm³/mol. The van der Waals surface area contributed by atoms with Gasteiger partial charge in [-0.05, 0) is 14.1 Å². The van der Waals surface area contributed by atoms with Gasteiger partial charge in [-0.2, -0.15) is 13.2 Å². The number of likely N-dealkylation sites (N-methyl/N-ethyl adjacent to an activating group) is 1. The predicted octanol–water partition coefficient (Wildman–Crippen LogP) is 0.469. The van der Waals surface area contributed by atoms with Crippen molar-refractivity contribution in [2.45, 2.75) is 12.3 Å². The van der Waals surface area contributed by atoms with Crippen molar-refractivity contribution in [3.63, 3.8) is 0 Å². The van der Waals surface area contributed by atoms with Crippen LogP contribution in [0, 0.1) is 0 Å². The Morgan fingerprint density at radius 1 is 1.36 bits per heavy atom. The molecule has 0 rings (SSSR count). The van der Waals surface area contributed by atoms with Gasteiger partial charge < -0.3 is 10.0 Å². The van der Waals surface area contributed by atoms with Crippen molar-refractivity contribution in [3.05, 3.63) is 0 Å². The van der Waals surface area contributed by atoms with E-state index in [4.69, 9.17) is 5.11 Å². The summed E-state index contributed by atoms with van der Waals surface area (Å²) < 4.78 is 34.6. The molecular formula is C5H10F3NNiO. The molecule has 0 saturated heterocycles. The van der Waals surface area contributed by atoms with E-state index in [-0.39, 0.29) is 23.0 Å². The van der Waals surface area contributed by atoms with E-state index in [9.17, 15) is 13.2 Å². The molecule has 72 valence electrons. The van der Waals surface area contributed by atoms with E-state index < -0.39 is 12.3 Å². The van der Waals surface area contributed by atoms with Gasteiger partial charge >= 0.3 is 6.18 Å². The fraction of sp³-hybridized carbons (Fsp3) is 1.00. The maximum atomic E-state index is 11.5. The number of hydrogen-bond donors (Lipinski definition) is 1. The van der Waals surface area contributed by atoms with Crippen LogP contribution in [0.4, 0.5) is 13.2 Å². The van der Waals surface area contributed by atoms with Gasteiger partial charge in [0.1, 0.15) is 0 Å². The number of nitrogens with zero attached hydrogens (tertiary/aromatic N) is 1. The summed E-state index contributed by atoms with van der Waals surface area (Å²) in [7, 11) is 2.93. The zero-order valence-corrected chi connectivity index (χ0v) is 7.12. The molecule has 1 atom stereocenters. The van der Waals surface area contributed by atoms with Crippen LogP contribution >= 0.6 is 0 Å². The molecule has 6 heteroatoms. The van der Waals surface area contributed by atoms with Crippen LogP contribution in [-0.2, 0) is 16.5 Å². The molecule has 2 nitrogen and oxygen atoms in total. The molecule has 0 spiro atoms. The van der Waals surface area contributed by atoms with E-state index in [1.165, 1.54) is 19.0 Å². The summed E-state index contributed by atoms with van der Waals surface area (Å²) in [4.78, 5) is 1.28. The molecule has 0 radical (unpaired) electrons. The van der Waals surface area contributed by atoms with Gasteiger partial charge in [-0.3, -0.25) is 0 Å². The van der Waals surface area contributed by atoms with Crippen molar-refractivity contribution < 1.29 is 34.8 Å². The Labute approximate surface area is 73.3 Å². The van der Waals surface area contributed by atoms with Gasteiger partial charge in [-0.15, -0.1) is 0 Å². The van der Waals surface area contributed by atoms with Crippen molar-refractivity contribution >= 4 is 0 Å². The summed E-state index contributed by atoms with van der Waals surface area (Å²) in [5, 5.41) is 8.39. The minimum atomic E-state index is -4.50. The fourth-order valence-corrected chi connectivity index (χ4v) is 0.449. The SMILES string of the molecule is CN(C)CC(O)C(F)(F)F.[Ni]. The van der Waals surface area contributed by atoms with E-state index in [1.54, 1.807) is 0 Å². The molecule has 0 saturated carbocycles. The fourth-order valence-electron chi connectivity index (χ4n) is 0.449. The molecule has 1 N–H and O–H groups in total. The van der Waals surface area contributed by atoms with Crippen LogP contribution in [0.25, 0.3) is 0 Å². The number of hydrogen-bond acceptors (Lipinski definition) is 2. The van der Waals surface area contributed by atoms with E-state index in [1.807, 2.05) is 0 Å². The largest absolute Gasteiger partial charge is 0.415 e. The van der Waals surface area contributed by atoms with Crippen LogP contribution in [0.2, 0.25) is 0 Å². The van der Waals surface area contributed by atoms with Crippen LogP contribution in [0.3, 0.4) is 0 Å². The third-order valence-electron chi connectivity index (χ3n) is 0.916. The second-order valence-electron chi connectivity index (χ2n) is 2.32. The smallest absolute Gasteiger partial charge is 0.382 e. The third-order valence-corrected chi connectivity index (χ3v) is 0.916.